The first-order valence-electron chi connectivity index (χ1n) is 6.42. The largest absolute Gasteiger partial charge is 0.397 e. The first kappa shape index (κ1) is 15.8. The lowest BCUT2D eigenvalue weighted by Crippen LogP contribution is -2.27. The van der Waals surface area contributed by atoms with Crippen molar-refractivity contribution < 1.29 is 27.0 Å². The van der Waals surface area contributed by atoms with Gasteiger partial charge in [0.15, 0.2) is 11.2 Å². The third-order valence-electron chi connectivity index (χ3n) is 3.35. The van der Waals surface area contributed by atoms with E-state index in [9.17, 15) is 18.3 Å². The minimum atomic E-state index is -4.64. The predicted octanol–water partition coefficient (Wildman–Crippen LogP) is -1.83. The molecule has 2 aromatic rings. The van der Waals surface area contributed by atoms with E-state index >= 15 is 0 Å². The number of imidazole rings is 1. The number of H-pyrrole nitrogens is 1. The van der Waals surface area contributed by atoms with Crippen LogP contribution in [-0.2, 0) is 19.3 Å². The van der Waals surface area contributed by atoms with Crippen molar-refractivity contribution in [3.63, 3.8) is 0 Å². The molecule has 126 valence electrons. The number of anilines is 1. The Bertz CT molecular complexity index is 891. The number of aliphatic hydroxyl groups is 1. The molecule has 0 radical (unpaired) electrons. The molecule has 0 unspecified atom stereocenters. The monoisotopic (exact) mass is 347 g/mol. The second kappa shape index (κ2) is 5.54. The summed E-state index contributed by atoms with van der Waals surface area (Å²) in [5.74, 6) is -0.103. The number of nitrogens with two attached hydrogens (primary N) is 1. The number of aromatic nitrogens is 4. The summed E-state index contributed by atoms with van der Waals surface area (Å²) in [5.41, 5.74) is 5.19. The average molecular weight is 347 g/mol. The summed E-state index contributed by atoms with van der Waals surface area (Å²) in [6, 6.07) is 0. The fraction of sp³-hybridized carbons (Fsp3) is 0.500. The van der Waals surface area contributed by atoms with Crippen LogP contribution in [0.2, 0.25) is 0 Å². The third kappa shape index (κ3) is 3.18. The molecule has 0 bridgehead atoms. The number of nitrogens with one attached hydrogen (secondary N) is 1. The summed E-state index contributed by atoms with van der Waals surface area (Å²) in [5, 5.41) is 9.91. The van der Waals surface area contributed by atoms with Crippen LogP contribution in [0, 0.1) is 0 Å². The van der Waals surface area contributed by atoms with Gasteiger partial charge in [-0.25, -0.2) is 9.17 Å². The topological polar surface area (TPSA) is 183 Å². The number of hydrogen-bond acceptors (Lipinski definition) is 9. The van der Waals surface area contributed by atoms with Crippen LogP contribution in [0.15, 0.2) is 11.1 Å². The summed E-state index contributed by atoms with van der Waals surface area (Å²) in [6.07, 6.45) is -1.40. The summed E-state index contributed by atoms with van der Waals surface area (Å²) in [4.78, 5) is 21.9. The molecular formula is C10H13N5O7S. The van der Waals surface area contributed by atoms with Crippen molar-refractivity contribution in [2.75, 3.05) is 12.3 Å². The van der Waals surface area contributed by atoms with Crippen LogP contribution in [0.4, 0.5) is 5.95 Å². The first-order chi connectivity index (χ1) is 10.7. The molecule has 1 aliphatic heterocycles. The number of aromatic amines is 1. The Hall–Kier alpha value is -2.06. The fourth-order valence-corrected chi connectivity index (χ4v) is 2.65. The molecule has 0 saturated carbocycles. The molecule has 13 heteroatoms. The van der Waals surface area contributed by atoms with Crippen molar-refractivity contribution >= 4 is 27.5 Å². The number of nitrogen functional groups attached to an aromatic ring is 1. The molecule has 0 aromatic carbocycles. The molecule has 0 spiro atoms. The van der Waals surface area contributed by atoms with Gasteiger partial charge in [0.2, 0.25) is 5.95 Å². The Balaban J connectivity index is 1.85. The highest BCUT2D eigenvalue weighted by atomic mass is 32.3. The van der Waals surface area contributed by atoms with Crippen molar-refractivity contribution in [1.29, 1.82) is 0 Å². The molecule has 3 rings (SSSR count). The lowest BCUT2D eigenvalue weighted by Gasteiger charge is -2.14. The van der Waals surface area contributed by atoms with Gasteiger partial charge in [0.25, 0.3) is 5.56 Å². The zero-order chi connectivity index (χ0) is 16.8. The highest BCUT2D eigenvalue weighted by molar-refractivity contribution is 7.80. The summed E-state index contributed by atoms with van der Waals surface area (Å²) in [6.45, 7) is -0.556. The minimum Gasteiger partial charge on any atom is -0.390 e. The number of nitrogens with zero attached hydrogens (tertiary/aromatic N) is 3. The van der Waals surface area contributed by atoms with Gasteiger partial charge < -0.3 is 15.6 Å². The van der Waals surface area contributed by atoms with Gasteiger partial charge in [-0.1, -0.05) is 0 Å². The van der Waals surface area contributed by atoms with Gasteiger partial charge in [-0.05, 0) is 0 Å². The Kier molecular flexibility index (Phi) is 3.81. The van der Waals surface area contributed by atoms with E-state index in [2.05, 4.69) is 19.1 Å². The molecule has 2 aromatic heterocycles. The van der Waals surface area contributed by atoms with Crippen LogP contribution < -0.4 is 11.3 Å². The lowest BCUT2D eigenvalue weighted by molar-refractivity contribution is -0.0386. The van der Waals surface area contributed by atoms with Crippen LogP contribution in [0.3, 0.4) is 0 Å². The number of aliphatic hydroxyl groups excluding tert-OH is 1. The molecule has 23 heavy (non-hydrogen) atoms. The van der Waals surface area contributed by atoms with Crippen molar-refractivity contribution in [2.24, 2.45) is 0 Å². The summed E-state index contributed by atoms with van der Waals surface area (Å²) >= 11 is 0. The van der Waals surface area contributed by atoms with Crippen LogP contribution in [0.1, 0.15) is 12.6 Å². The van der Waals surface area contributed by atoms with Crippen LogP contribution in [0.25, 0.3) is 11.2 Å². The van der Waals surface area contributed by atoms with Gasteiger partial charge in [0.1, 0.15) is 12.3 Å². The molecule has 3 atom stereocenters. The molecule has 0 amide bonds. The van der Waals surface area contributed by atoms with Crippen LogP contribution in [-0.4, -0.2) is 56.4 Å². The van der Waals surface area contributed by atoms with E-state index in [1.807, 2.05) is 0 Å². The van der Waals surface area contributed by atoms with Crippen LogP contribution >= 0.6 is 0 Å². The molecule has 12 nitrogen and oxygen atoms in total. The smallest absolute Gasteiger partial charge is 0.390 e. The van der Waals surface area contributed by atoms with E-state index in [-0.39, 0.29) is 23.5 Å². The zero-order valence-corrected chi connectivity index (χ0v) is 12.3. The molecule has 1 saturated heterocycles. The van der Waals surface area contributed by atoms with E-state index in [4.69, 9.17) is 15.0 Å². The van der Waals surface area contributed by atoms with Gasteiger partial charge in [-0.3, -0.25) is 18.9 Å². The summed E-state index contributed by atoms with van der Waals surface area (Å²) < 4.78 is 40.8. The maximum Gasteiger partial charge on any atom is 0.397 e. The normalized spacial score (nSPS) is 25.2. The fourth-order valence-electron chi connectivity index (χ4n) is 2.34. The zero-order valence-electron chi connectivity index (χ0n) is 11.5. The molecular weight excluding hydrogens is 334 g/mol. The Morgan fingerprint density at radius 1 is 1.57 bits per heavy atom. The highest BCUT2D eigenvalue weighted by Gasteiger charge is 2.37. The Morgan fingerprint density at radius 2 is 2.30 bits per heavy atom. The molecule has 1 aliphatic rings. The average Bonchev–Trinajstić information content (AvgIpc) is 2.99. The molecule has 1 fully saturated rings. The third-order valence-corrected chi connectivity index (χ3v) is 3.78. The highest BCUT2D eigenvalue weighted by Crippen LogP contribution is 2.30. The van der Waals surface area contributed by atoms with Crippen molar-refractivity contribution in [2.45, 2.75) is 24.9 Å². The number of fused-ring (bicyclic) bond motifs is 1. The van der Waals surface area contributed by atoms with Gasteiger partial charge in [-0.15, -0.1) is 0 Å². The van der Waals surface area contributed by atoms with Crippen LogP contribution in [0.5, 0.6) is 0 Å². The first-order valence-corrected chi connectivity index (χ1v) is 7.79. The van der Waals surface area contributed by atoms with E-state index in [0.29, 0.717) is 0 Å². The Morgan fingerprint density at radius 3 is 3.00 bits per heavy atom. The number of rotatable bonds is 4. The van der Waals surface area contributed by atoms with Crippen molar-refractivity contribution in [3.8, 4) is 0 Å². The van der Waals surface area contributed by atoms with Gasteiger partial charge in [-0.2, -0.15) is 13.4 Å². The quantitative estimate of drug-likeness (QED) is 0.459. The number of ether oxygens (including phenoxy) is 1. The summed E-state index contributed by atoms with van der Waals surface area (Å²) in [7, 11) is -4.64. The second-order valence-electron chi connectivity index (χ2n) is 4.92. The van der Waals surface area contributed by atoms with E-state index < -0.39 is 41.0 Å². The molecule has 3 heterocycles. The van der Waals surface area contributed by atoms with Gasteiger partial charge in [0, 0.05) is 6.42 Å². The predicted molar refractivity (Wildman–Crippen MR) is 74.6 cm³/mol. The standard InChI is InChI=1S/C10H13N5O7S/c11-10-13-8-7(9(17)14-10)12-3-15(8)6-1-4(16)5(22-6)2-21-23(18,19)20/h3-6,16H,1-2H2,(H,18,19,20)(H3,11,13,14,17)/t4-,5+,6+/m0/s1. The molecule has 5 N–H and O–H groups in total. The van der Waals surface area contributed by atoms with E-state index in [1.54, 1.807) is 0 Å². The number of hydrogen-bond donors (Lipinski definition) is 4. The van der Waals surface area contributed by atoms with Gasteiger partial charge >= 0.3 is 10.4 Å². The van der Waals surface area contributed by atoms with Crippen molar-refractivity contribution in [1.82, 2.24) is 19.5 Å². The SMILES string of the molecule is Nc1nc2c(ncn2[C@H]2C[C@H](O)[C@@H](COS(=O)(=O)O)O2)c(=O)[nH]1. The maximum absolute atomic E-state index is 11.7. The second-order valence-corrected chi connectivity index (χ2v) is 6.01. The van der Waals surface area contributed by atoms with E-state index in [0.717, 1.165) is 0 Å². The Labute approximate surface area is 128 Å². The minimum absolute atomic E-state index is 0.0509. The maximum atomic E-state index is 11.7. The lowest BCUT2D eigenvalue weighted by atomic mass is 10.2. The van der Waals surface area contributed by atoms with E-state index in [1.165, 1.54) is 10.9 Å². The molecule has 0 aliphatic carbocycles. The van der Waals surface area contributed by atoms with Gasteiger partial charge in [0.05, 0.1) is 19.0 Å². The van der Waals surface area contributed by atoms with Crippen molar-refractivity contribution in [3.05, 3.63) is 16.7 Å².